The number of sulfonamides is 1. The number of nitrogens with two attached hydrogens (primary N) is 1. The molecule has 4 rings (SSSR count). The second-order valence-corrected chi connectivity index (χ2v) is 10.4. The molecule has 1 aliphatic heterocycles. The molecule has 1 amide bonds. The van der Waals surface area contributed by atoms with E-state index < -0.39 is 56.8 Å². The van der Waals surface area contributed by atoms with Crippen LogP contribution in [0.15, 0.2) is 77.3 Å². The van der Waals surface area contributed by atoms with Gasteiger partial charge in [-0.05, 0) is 54.1 Å². The standard InChI is InChI=1S/C26H21F5N4O4S/c27-18-5-6-22(28)21(10-18)15-4-7-24-23(8-15)35(14-19(39-24)13-34-25(36)16(11-32)12-33)40(37,38)20-3-1-2-17(9-20)26(29,30)31/h1-12,19,32H,13-14,33H2,(H,34,36)/b16-12+,32-11?/t19-/m0/s1. The van der Waals surface area contributed by atoms with Gasteiger partial charge in [-0.1, -0.05) is 12.1 Å². The van der Waals surface area contributed by atoms with Crippen molar-refractivity contribution in [3.8, 4) is 16.9 Å². The molecule has 3 aromatic carbocycles. The summed E-state index contributed by atoms with van der Waals surface area (Å²) in [5.74, 6) is -2.31. The van der Waals surface area contributed by atoms with Crippen LogP contribution >= 0.6 is 0 Å². The Labute approximate surface area is 225 Å². The highest BCUT2D eigenvalue weighted by molar-refractivity contribution is 7.92. The van der Waals surface area contributed by atoms with E-state index in [0.29, 0.717) is 12.3 Å². The second kappa shape index (κ2) is 11.0. The maximum Gasteiger partial charge on any atom is 0.416 e. The Morgan fingerprint density at radius 3 is 2.55 bits per heavy atom. The molecule has 0 spiro atoms. The van der Waals surface area contributed by atoms with Gasteiger partial charge in [0.25, 0.3) is 15.9 Å². The van der Waals surface area contributed by atoms with Crippen LogP contribution in [-0.2, 0) is 21.0 Å². The highest BCUT2D eigenvalue weighted by Crippen LogP contribution is 2.41. The summed E-state index contributed by atoms with van der Waals surface area (Å²) in [6.45, 7) is -0.731. The third-order valence-corrected chi connectivity index (χ3v) is 7.74. The molecule has 0 aliphatic carbocycles. The molecule has 4 N–H and O–H groups in total. The van der Waals surface area contributed by atoms with E-state index in [1.54, 1.807) is 0 Å². The normalized spacial score (nSPS) is 15.7. The average Bonchev–Trinajstić information content (AvgIpc) is 2.92. The number of carbonyl (C=O) groups is 1. The van der Waals surface area contributed by atoms with Crippen LogP contribution in [0.2, 0.25) is 0 Å². The predicted molar refractivity (Wildman–Crippen MR) is 136 cm³/mol. The van der Waals surface area contributed by atoms with Crippen molar-refractivity contribution in [2.24, 2.45) is 5.73 Å². The number of ether oxygens (including phenoxy) is 1. The van der Waals surface area contributed by atoms with Crippen molar-refractivity contribution in [2.45, 2.75) is 17.2 Å². The molecular weight excluding hydrogens is 559 g/mol. The molecule has 1 atom stereocenters. The van der Waals surface area contributed by atoms with E-state index in [0.717, 1.165) is 46.9 Å². The van der Waals surface area contributed by atoms with E-state index in [-0.39, 0.29) is 34.7 Å². The first-order chi connectivity index (χ1) is 18.8. The minimum Gasteiger partial charge on any atom is -0.484 e. The summed E-state index contributed by atoms with van der Waals surface area (Å²) in [7, 11) is -4.67. The zero-order valence-corrected chi connectivity index (χ0v) is 21.2. The number of nitrogens with zero attached hydrogens (tertiary/aromatic N) is 1. The predicted octanol–water partition coefficient (Wildman–Crippen LogP) is 4.22. The Bertz CT molecular complexity index is 1610. The first-order valence-electron chi connectivity index (χ1n) is 11.5. The van der Waals surface area contributed by atoms with Crippen LogP contribution in [0.1, 0.15) is 5.56 Å². The van der Waals surface area contributed by atoms with Gasteiger partial charge < -0.3 is 21.2 Å². The number of fused-ring (bicyclic) bond motifs is 1. The molecule has 0 fully saturated rings. The van der Waals surface area contributed by atoms with E-state index in [1.165, 1.54) is 18.2 Å². The maximum atomic E-state index is 14.5. The number of hydrogen-bond acceptors (Lipinski definition) is 6. The van der Waals surface area contributed by atoms with E-state index in [1.807, 2.05) is 0 Å². The summed E-state index contributed by atoms with van der Waals surface area (Å²) in [6, 6.07) is 9.76. The molecule has 0 bridgehead atoms. The molecule has 0 aromatic heterocycles. The van der Waals surface area contributed by atoms with Crippen molar-refractivity contribution in [2.75, 3.05) is 17.4 Å². The minimum atomic E-state index is -4.81. The summed E-state index contributed by atoms with van der Waals surface area (Å²) >= 11 is 0. The van der Waals surface area contributed by atoms with Crippen LogP contribution in [0.4, 0.5) is 27.6 Å². The summed E-state index contributed by atoms with van der Waals surface area (Å²) in [4.78, 5) is 11.5. The van der Waals surface area contributed by atoms with Gasteiger partial charge in [-0.3, -0.25) is 9.10 Å². The van der Waals surface area contributed by atoms with Crippen molar-refractivity contribution in [1.82, 2.24) is 5.32 Å². The second-order valence-electron chi connectivity index (χ2n) is 8.58. The van der Waals surface area contributed by atoms with Crippen molar-refractivity contribution in [1.29, 1.82) is 5.41 Å². The molecule has 0 saturated carbocycles. The third kappa shape index (κ3) is 5.76. The van der Waals surface area contributed by atoms with Crippen LogP contribution in [0.3, 0.4) is 0 Å². The summed E-state index contributed by atoms with van der Waals surface area (Å²) in [5.41, 5.74) is 3.71. The van der Waals surface area contributed by atoms with Crippen LogP contribution in [0.25, 0.3) is 11.1 Å². The molecule has 0 radical (unpaired) electrons. The maximum absolute atomic E-state index is 14.5. The molecule has 40 heavy (non-hydrogen) atoms. The number of rotatable bonds is 7. The smallest absolute Gasteiger partial charge is 0.416 e. The largest absolute Gasteiger partial charge is 0.484 e. The van der Waals surface area contributed by atoms with Gasteiger partial charge in [0.15, 0.2) is 0 Å². The number of alkyl halides is 3. The SMILES string of the molecule is N=C/C(=C\N)C(=O)NC[C@H]1CN(S(=O)(=O)c2cccc(C(F)(F)F)c2)c2cc(-c3cc(F)ccc3F)ccc2O1. The van der Waals surface area contributed by atoms with Crippen LogP contribution in [-0.4, -0.2) is 39.7 Å². The molecule has 8 nitrogen and oxygen atoms in total. The summed E-state index contributed by atoms with van der Waals surface area (Å²) < 4.78 is 102. The van der Waals surface area contributed by atoms with Gasteiger partial charge in [-0.25, -0.2) is 17.2 Å². The molecule has 1 aliphatic rings. The van der Waals surface area contributed by atoms with Crippen LogP contribution in [0.5, 0.6) is 5.75 Å². The van der Waals surface area contributed by atoms with Gasteiger partial charge in [-0.2, -0.15) is 13.2 Å². The lowest BCUT2D eigenvalue weighted by Crippen LogP contribution is -2.48. The topological polar surface area (TPSA) is 126 Å². The number of hydrogen-bond donors (Lipinski definition) is 3. The van der Waals surface area contributed by atoms with E-state index in [2.05, 4.69) is 5.32 Å². The van der Waals surface area contributed by atoms with E-state index in [4.69, 9.17) is 15.9 Å². The minimum absolute atomic E-state index is 0.0387. The molecular formula is C26H21F5N4O4S. The lowest BCUT2D eigenvalue weighted by Gasteiger charge is -2.36. The highest BCUT2D eigenvalue weighted by atomic mass is 32.2. The molecule has 3 aromatic rings. The monoisotopic (exact) mass is 580 g/mol. The first kappa shape index (κ1) is 28.5. The molecule has 14 heteroatoms. The number of nitrogens with one attached hydrogen (secondary N) is 2. The molecule has 0 saturated heterocycles. The number of carbonyl (C=O) groups excluding carboxylic acids is 1. The Balaban J connectivity index is 1.79. The summed E-state index contributed by atoms with van der Waals surface area (Å²) in [6.07, 6.45) is -4.23. The third-order valence-electron chi connectivity index (χ3n) is 5.97. The lowest BCUT2D eigenvalue weighted by molar-refractivity contribution is -0.137. The van der Waals surface area contributed by atoms with Crippen LogP contribution < -0.4 is 20.1 Å². The number of benzene rings is 3. The number of amides is 1. The van der Waals surface area contributed by atoms with E-state index >= 15 is 0 Å². The van der Waals surface area contributed by atoms with Gasteiger partial charge in [-0.15, -0.1) is 0 Å². The first-order valence-corrected chi connectivity index (χ1v) is 13.0. The fourth-order valence-corrected chi connectivity index (χ4v) is 5.54. The van der Waals surface area contributed by atoms with Crippen molar-refractivity contribution in [3.63, 3.8) is 0 Å². The van der Waals surface area contributed by atoms with Gasteiger partial charge in [0.2, 0.25) is 0 Å². The molecule has 0 unspecified atom stereocenters. The number of halogens is 5. The zero-order chi connectivity index (χ0) is 29.2. The van der Waals surface area contributed by atoms with E-state index in [9.17, 15) is 35.2 Å². The molecule has 1 heterocycles. The van der Waals surface area contributed by atoms with Gasteiger partial charge in [0.1, 0.15) is 23.5 Å². The molecule has 210 valence electrons. The fourth-order valence-electron chi connectivity index (χ4n) is 3.99. The Hall–Kier alpha value is -4.46. The Morgan fingerprint density at radius 2 is 1.88 bits per heavy atom. The summed E-state index contributed by atoms with van der Waals surface area (Å²) in [5, 5.41) is 9.67. The number of anilines is 1. The van der Waals surface area contributed by atoms with Crippen LogP contribution in [0, 0.1) is 17.0 Å². The van der Waals surface area contributed by atoms with Gasteiger partial charge in [0.05, 0.1) is 34.8 Å². The van der Waals surface area contributed by atoms with Gasteiger partial charge in [0, 0.05) is 18.0 Å². The van der Waals surface area contributed by atoms with Crippen molar-refractivity contribution in [3.05, 3.63) is 89.6 Å². The Morgan fingerprint density at radius 1 is 1.12 bits per heavy atom. The van der Waals surface area contributed by atoms with Crippen molar-refractivity contribution >= 4 is 27.8 Å². The quantitative estimate of drug-likeness (QED) is 0.219. The zero-order valence-electron chi connectivity index (χ0n) is 20.4. The average molecular weight is 581 g/mol. The fraction of sp³-hybridized carbons (Fsp3) is 0.154. The van der Waals surface area contributed by atoms with Gasteiger partial charge >= 0.3 is 6.18 Å². The Kier molecular flexibility index (Phi) is 7.82. The highest BCUT2D eigenvalue weighted by Gasteiger charge is 2.37. The lowest BCUT2D eigenvalue weighted by atomic mass is 10.0. The van der Waals surface area contributed by atoms with Crippen molar-refractivity contribution < 1.29 is 39.9 Å².